The summed E-state index contributed by atoms with van der Waals surface area (Å²) < 4.78 is 50.8. The number of rotatable bonds is 0. The number of halogens is 5. The van der Waals surface area contributed by atoms with E-state index in [4.69, 9.17) is 0 Å². The van der Waals surface area contributed by atoms with E-state index in [1.165, 1.54) is 20.8 Å². The fraction of sp³-hybridized carbons (Fsp3) is 0.625. The highest BCUT2D eigenvalue weighted by molar-refractivity contribution is 9.10. The summed E-state index contributed by atoms with van der Waals surface area (Å²) in [5.41, 5.74) is -2.04. The van der Waals surface area contributed by atoms with Gasteiger partial charge in [-0.3, -0.25) is 4.68 Å². The molecule has 1 heterocycles. The maximum absolute atomic E-state index is 13.0. The molecule has 1 rings (SSSR count). The van der Waals surface area contributed by atoms with Crippen LogP contribution >= 0.6 is 15.9 Å². The topological polar surface area (TPSA) is 17.8 Å². The molecule has 7 heteroatoms. The van der Waals surface area contributed by atoms with Crippen molar-refractivity contribution in [2.75, 3.05) is 0 Å². The van der Waals surface area contributed by atoms with Crippen LogP contribution in [0.25, 0.3) is 0 Å². The molecular weight excluding hydrogens is 280 g/mol. The van der Waals surface area contributed by atoms with E-state index in [0.717, 1.165) is 0 Å². The number of hydrogen-bond donors (Lipinski definition) is 0. The van der Waals surface area contributed by atoms with Crippen LogP contribution in [0.2, 0.25) is 0 Å². The van der Waals surface area contributed by atoms with Gasteiger partial charge in [0.2, 0.25) is 5.95 Å². The van der Waals surface area contributed by atoms with Crippen molar-refractivity contribution in [3.63, 3.8) is 0 Å². The molecule has 0 N–H and O–H groups in total. The van der Waals surface area contributed by atoms with Gasteiger partial charge in [-0.2, -0.15) is 17.6 Å². The number of alkyl halides is 3. The molecule has 0 bridgehead atoms. The van der Waals surface area contributed by atoms with E-state index in [2.05, 4.69) is 21.0 Å². The molecule has 0 atom stereocenters. The minimum atomic E-state index is -4.64. The quantitative estimate of drug-likeness (QED) is 0.668. The van der Waals surface area contributed by atoms with Crippen molar-refractivity contribution in [1.82, 2.24) is 9.78 Å². The first kappa shape index (κ1) is 12.5. The maximum atomic E-state index is 13.0. The second kappa shape index (κ2) is 3.47. The van der Waals surface area contributed by atoms with E-state index in [1.807, 2.05) is 0 Å². The van der Waals surface area contributed by atoms with Crippen LogP contribution in [0, 0.1) is 5.95 Å². The molecule has 0 spiro atoms. The lowest BCUT2D eigenvalue weighted by Gasteiger charge is -2.23. The molecule has 0 aliphatic carbocycles. The molecule has 15 heavy (non-hydrogen) atoms. The fourth-order valence-corrected chi connectivity index (χ4v) is 1.57. The van der Waals surface area contributed by atoms with Gasteiger partial charge in [-0.25, -0.2) is 0 Å². The first-order valence-corrected chi connectivity index (χ1v) is 4.86. The lowest BCUT2D eigenvalue weighted by Crippen LogP contribution is -2.28. The minimum absolute atomic E-state index is 0.631. The average Bonchev–Trinajstić information content (AvgIpc) is 2.25. The van der Waals surface area contributed by atoms with Gasteiger partial charge < -0.3 is 0 Å². The van der Waals surface area contributed by atoms with Gasteiger partial charge >= 0.3 is 6.18 Å². The van der Waals surface area contributed by atoms with Gasteiger partial charge in [-0.1, -0.05) is 0 Å². The van der Waals surface area contributed by atoms with Crippen molar-refractivity contribution in [3.8, 4) is 0 Å². The van der Waals surface area contributed by atoms with Gasteiger partial charge in [-0.15, -0.1) is 5.10 Å². The molecule has 0 fully saturated rings. The predicted molar refractivity (Wildman–Crippen MR) is 49.9 cm³/mol. The fourth-order valence-electron chi connectivity index (χ4n) is 1.10. The third-order valence-corrected chi connectivity index (χ3v) is 2.40. The SMILES string of the molecule is CC(C)(C)n1nc(F)c(Br)c1C(F)(F)F. The third kappa shape index (κ3) is 2.32. The summed E-state index contributed by atoms with van der Waals surface area (Å²) in [5, 5.41) is 3.23. The molecule has 1 aromatic heterocycles. The predicted octanol–water partition coefficient (Wildman–Crippen LogP) is 3.56. The number of nitrogens with zero attached hydrogens (tertiary/aromatic N) is 2. The Hall–Kier alpha value is -0.590. The monoisotopic (exact) mass is 288 g/mol. The standard InChI is InChI=1S/C8H9BrF4N2/c1-7(2,3)15-5(8(11,12)13)4(9)6(10)14-15/h1-3H3. The maximum Gasteiger partial charge on any atom is 0.434 e. The van der Waals surface area contributed by atoms with Crippen LogP contribution in [-0.2, 0) is 11.7 Å². The largest absolute Gasteiger partial charge is 0.434 e. The first-order valence-electron chi connectivity index (χ1n) is 4.07. The van der Waals surface area contributed by atoms with Gasteiger partial charge in [0.05, 0.1) is 5.54 Å². The van der Waals surface area contributed by atoms with Gasteiger partial charge in [-0.05, 0) is 36.7 Å². The Morgan fingerprint density at radius 1 is 1.20 bits per heavy atom. The zero-order valence-corrected chi connectivity index (χ0v) is 9.87. The van der Waals surface area contributed by atoms with Crippen LogP contribution < -0.4 is 0 Å². The highest BCUT2D eigenvalue weighted by atomic mass is 79.9. The second-order valence-corrected chi connectivity index (χ2v) is 4.83. The molecule has 86 valence electrons. The summed E-state index contributed by atoms with van der Waals surface area (Å²) in [6, 6.07) is 0. The summed E-state index contributed by atoms with van der Waals surface area (Å²) in [4.78, 5) is 0. The molecule has 0 amide bonds. The first-order chi connectivity index (χ1) is 6.55. The van der Waals surface area contributed by atoms with E-state index in [9.17, 15) is 17.6 Å². The normalized spacial score (nSPS) is 13.3. The molecule has 2 nitrogen and oxygen atoms in total. The van der Waals surface area contributed by atoms with Crippen LogP contribution in [0.3, 0.4) is 0 Å². The van der Waals surface area contributed by atoms with Crippen LogP contribution in [0.1, 0.15) is 26.5 Å². The molecule has 0 aliphatic rings. The zero-order valence-electron chi connectivity index (χ0n) is 8.28. The highest BCUT2D eigenvalue weighted by Gasteiger charge is 2.42. The molecule has 0 radical (unpaired) electrons. The Morgan fingerprint density at radius 2 is 1.67 bits per heavy atom. The Balaban J connectivity index is 3.48. The lowest BCUT2D eigenvalue weighted by molar-refractivity contribution is -0.146. The molecule has 0 aliphatic heterocycles. The molecule has 1 aromatic rings. The Bertz CT molecular complexity index is 375. The van der Waals surface area contributed by atoms with Gasteiger partial charge in [0.1, 0.15) is 4.47 Å². The van der Waals surface area contributed by atoms with Gasteiger partial charge in [0.25, 0.3) is 0 Å². The molecule has 0 unspecified atom stereocenters. The smallest absolute Gasteiger partial charge is 0.251 e. The van der Waals surface area contributed by atoms with E-state index < -0.39 is 27.8 Å². The van der Waals surface area contributed by atoms with Crippen molar-refractivity contribution >= 4 is 15.9 Å². The Labute approximate surface area is 92.4 Å². The minimum Gasteiger partial charge on any atom is -0.251 e. The average molecular weight is 289 g/mol. The summed E-state index contributed by atoms with van der Waals surface area (Å²) in [6.45, 7) is 4.54. The van der Waals surface area contributed by atoms with E-state index >= 15 is 0 Å². The summed E-state index contributed by atoms with van der Waals surface area (Å²) in [6.07, 6.45) is -4.64. The number of aromatic nitrogens is 2. The van der Waals surface area contributed by atoms with Crippen molar-refractivity contribution in [3.05, 3.63) is 16.1 Å². The lowest BCUT2D eigenvalue weighted by atomic mass is 10.1. The van der Waals surface area contributed by atoms with Crippen molar-refractivity contribution in [2.24, 2.45) is 0 Å². The number of hydrogen-bond acceptors (Lipinski definition) is 1. The second-order valence-electron chi connectivity index (χ2n) is 4.03. The van der Waals surface area contributed by atoms with E-state index in [1.54, 1.807) is 0 Å². The van der Waals surface area contributed by atoms with Gasteiger partial charge in [0, 0.05) is 0 Å². The van der Waals surface area contributed by atoms with Crippen molar-refractivity contribution in [1.29, 1.82) is 0 Å². The zero-order chi connectivity index (χ0) is 12.0. The Kier molecular flexibility index (Phi) is 2.88. The van der Waals surface area contributed by atoms with Crippen LogP contribution in [-0.4, -0.2) is 9.78 Å². The summed E-state index contributed by atoms with van der Waals surface area (Å²) in [5.74, 6) is -1.16. The van der Waals surface area contributed by atoms with Crippen LogP contribution in [0.5, 0.6) is 0 Å². The van der Waals surface area contributed by atoms with Crippen molar-refractivity contribution < 1.29 is 17.6 Å². The summed E-state index contributed by atoms with van der Waals surface area (Å²) in [7, 11) is 0. The molecular formula is C8H9BrF4N2. The van der Waals surface area contributed by atoms with E-state index in [0.29, 0.717) is 4.68 Å². The molecule has 0 saturated heterocycles. The highest BCUT2D eigenvalue weighted by Crippen LogP contribution is 2.38. The van der Waals surface area contributed by atoms with Crippen LogP contribution in [0.4, 0.5) is 17.6 Å². The third-order valence-electron chi connectivity index (χ3n) is 1.69. The van der Waals surface area contributed by atoms with Gasteiger partial charge in [0.15, 0.2) is 5.69 Å². The van der Waals surface area contributed by atoms with Crippen molar-refractivity contribution in [2.45, 2.75) is 32.5 Å². The van der Waals surface area contributed by atoms with Crippen LogP contribution in [0.15, 0.2) is 4.47 Å². The molecule has 0 aromatic carbocycles. The van der Waals surface area contributed by atoms with E-state index in [-0.39, 0.29) is 0 Å². The molecule has 0 saturated carbocycles. The Morgan fingerprint density at radius 3 is 1.93 bits per heavy atom. The summed E-state index contributed by atoms with van der Waals surface area (Å²) >= 11 is 2.55.